The van der Waals surface area contributed by atoms with Gasteiger partial charge in [0, 0.05) is 6.07 Å². The van der Waals surface area contributed by atoms with E-state index < -0.39 is 5.97 Å². The molecule has 0 unspecified atom stereocenters. The van der Waals surface area contributed by atoms with Crippen LogP contribution in [0.15, 0.2) is 10.6 Å². The van der Waals surface area contributed by atoms with E-state index in [-0.39, 0.29) is 6.54 Å². The molecule has 1 aromatic heterocycles. The molecular formula is C10H16N2O3. The summed E-state index contributed by atoms with van der Waals surface area (Å²) in [5.41, 5.74) is 0.816. The number of aliphatic carboxylic acids is 1. The van der Waals surface area contributed by atoms with Crippen molar-refractivity contribution in [2.75, 3.05) is 13.1 Å². The van der Waals surface area contributed by atoms with Crippen LogP contribution in [0.5, 0.6) is 0 Å². The van der Waals surface area contributed by atoms with Crippen molar-refractivity contribution >= 4 is 5.97 Å². The minimum Gasteiger partial charge on any atom is -0.480 e. The number of nitrogens with zero attached hydrogens (tertiary/aromatic N) is 2. The van der Waals surface area contributed by atoms with E-state index >= 15 is 0 Å². The Morgan fingerprint density at radius 3 is 2.87 bits per heavy atom. The number of hydrogen-bond donors (Lipinski definition) is 1. The fourth-order valence-corrected chi connectivity index (χ4v) is 1.43. The van der Waals surface area contributed by atoms with Crippen molar-refractivity contribution < 1.29 is 14.4 Å². The minimum absolute atomic E-state index is 0.0353. The van der Waals surface area contributed by atoms with E-state index in [9.17, 15) is 4.79 Å². The largest absolute Gasteiger partial charge is 0.480 e. The number of aromatic nitrogens is 1. The first kappa shape index (κ1) is 11.7. The SMILES string of the molecule is CCCN(CC(=O)O)Cc1cc(C)no1. The molecule has 84 valence electrons. The van der Waals surface area contributed by atoms with Gasteiger partial charge in [-0.15, -0.1) is 0 Å². The van der Waals surface area contributed by atoms with Crippen LogP contribution in [0.4, 0.5) is 0 Å². The lowest BCUT2D eigenvalue weighted by atomic mass is 10.3. The van der Waals surface area contributed by atoms with E-state index in [2.05, 4.69) is 5.16 Å². The van der Waals surface area contributed by atoms with Gasteiger partial charge >= 0.3 is 5.97 Å². The van der Waals surface area contributed by atoms with Crippen molar-refractivity contribution in [1.82, 2.24) is 10.1 Å². The topological polar surface area (TPSA) is 66.6 Å². The van der Waals surface area contributed by atoms with Crippen molar-refractivity contribution in [2.45, 2.75) is 26.8 Å². The van der Waals surface area contributed by atoms with Gasteiger partial charge in [-0.2, -0.15) is 0 Å². The van der Waals surface area contributed by atoms with E-state index in [0.717, 1.165) is 18.7 Å². The lowest BCUT2D eigenvalue weighted by Gasteiger charge is -2.17. The second-order valence-electron chi connectivity index (χ2n) is 3.54. The first-order valence-electron chi connectivity index (χ1n) is 4.98. The zero-order chi connectivity index (χ0) is 11.3. The Bertz CT molecular complexity index is 322. The van der Waals surface area contributed by atoms with Gasteiger partial charge in [0.25, 0.3) is 0 Å². The lowest BCUT2D eigenvalue weighted by molar-refractivity contribution is -0.138. The summed E-state index contributed by atoms with van der Waals surface area (Å²) in [6, 6.07) is 1.82. The monoisotopic (exact) mass is 212 g/mol. The van der Waals surface area contributed by atoms with Crippen LogP contribution in [-0.4, -0.2) is 34.2 Å². The fourth-order valence-electron chi connectivity index (χ4n) is 1.43. The van der Waals surface area contributed by atoms with E-state index in [1.54, 1.807) is 0 Å². The molecule has 1 N–H and O–H groups in total. The highest BCUT2D eigenvalue weighted by Crippen LogP contribution is 2.06. The van der Waals surface area contributed by atoms with Crippen LogP contribution in [0.1, 0.15) is 24.8 Å². The molecule has 0 aliphatic heterocycles. The normalized spacial score (nSPS) is 10.9. The number of aryl methyl sites for hydroxylation is 1. The minimum atomic E-state index is -0.820. The molecule has 1 rings (SSSR count). The zero-order valence-corrected chi connectivity index (χ0v) is 9.06. The van der Waals surface area contributed by atoms with Crippen LogP contribution in [0.3, 0.4) is 0 Å². The number of rotatable bonds is 6. The standard InChI is InChI=1S/C10H16N2O3/c1-3-4-12(7-10(13)14)6-9-5-8(2)11-15-9/h5H,3-4,6-7H2,1-2H3,(H,13,14). The quantitative estimate of drug-likeness (QED) is 0.769. The third-order valence-electron chi connectivity index (χ3n) is 1.95. The van der Waals surface area contributed by atoms with Gasteiger partial charge in [-0.1, -0.05) is 12.1 Å². The van der Waals surface area contributed by atoms with Crippen LogP contribution in [0.25, 0.3) is 0 Å². The molecule has 0 amide bonds. The van der Waals surface area contributed by atoms with Gasteiger partial charge in [0.05, 0.1) is 18.8 Å². The Morgan fingerprint density at radius 2 is 2.40 bits per heavy atom. The molecule has 15 heavy (non-hydrogen) atoms. The maximum absolute atomic E-state index is 10.6. The number of carboxylic acids is 1. The number of hydrogen-bond acceptors (Lipinski definition) is 4. The van der Waals surface area contributed by atoms with E-state index in [1.165, 1.54) is 0 Å². The third kappa shape index (κ3) is 4.12. The van der Waals surface area contributed by atoms with Crippen LogP contribution in [0.2, 0.25) is 0 Å². The highest BCUT2D eigenvalue weighted by atomic mass is 16.5. The molecule has 0 saturated heterocycles. The molecule has 1 aromatic rings. The molecule has 0 radical (unpaired) electrons. The summed E-state index contributed by atoms with van der Waals surface area (Å²) in [7, 11) is 0. The summed E-state index contributed by atoms with van der Waals surface area (Å²) in [6.45, 7) is 5.13. The Kier molecular flexibility index (Phi) is 4.30. The molecule has 0 atom stereocenters. The molecule has 0 fully saturated rings. The van der Waals surface area contributed by atoms with E-state index in [0.29, 0.717) is 12.3 Å². The Labute approximate surface area is 88.7 Å². The Hall–Kier alpha value is -1.36. The predicted molar refractivity (Wildman–Crippen MR) is 54.4 cm³/mol. The van der Waals surface area contributed by atoms with Gasteiger partial charge in [-0.05, 0) is 19.9 Å². The maximum atomic E-state index is 10.6. The van der Waals surface area contributed by atoms with Crippen LogP contribution >= 0.6 is 0 Å². The van der Waals surface area contributed by atoms with E-state index in [1.807, 2.05) is 24.8 Å². The average molecular weight is 212 g/mol. The number of carboxylic acid groups (broad SMARTS) is 1. The smallest absolute Gasteiger partial charge is 0.317 e. The van der Waals surface area contributed by atoms with Gasteiger partial charge < -0.3 is 9.63 Å². The van der Waals surface area contributed by atoms with E-state index in [4.69, 9.17) is 9.63 Å². The van der Waals surface area contributed by atoms with Gasteiger partial charge in [-0.25, -0.2) is 0 Å². The first-order chi connectivity index (χ1) is 7.11. The molecular weight excluding hydrogens is 196 g/mol. The summed E-state index contributed by atoms with van der Waals surface area (Å²) in [6.07, 6.45) is 0.917. The van der Waals surface area contributed by atoms with Gasteiger partial charge in [-0.3, -0.25) is 9.69 Å². The van der Waals surface area contributed by atoms with Gasteiger partial charge in [0.1, 0.15) is 0 Å². The summed E-state index contributed by atoms with van der Waals surface area (Å²) < 4.78 is 5.04. The summed E-state index contributed by atoms with van der Waals surface area (Å²) in [5.74, 6) is -0.109. The molecule has 0 aromatic carbocycles. The molecule has 5 nitrogen and oxygen atoms in total. The summed E-state index contributed by atoms with van der Waals surface area (Å²) in [4.78, 5) is 12.4. The number of carbonyl (C=O) groups is 1. The fraction of sp³-hybridized carbons (Fsp3) is 0.600. The predicted octanol–water partition coefficient (Wildman–Crippen LogP) is 1.28. The second kappa shape index (κ2) is 5.50. The lowest BCUT2D eigenvalue weighted by Crippen LogP contribution is -2.29. The van der Waals surface area contributed by atoms with Crippen molar-refractivity contribution in [3.8, 4) is 0 Å². The van der Waals surface area contributed by atoms with Crippen molar-refractivity contribution in [1.29, 1.82) is 0 Å². The molecule has 5 heteroatoms. The van der Waals surface area contributed by atoms with Crippen LogP contribution in [-0.2, 0) is 11.3 Å². The molecule has 0 spiro atoms. The van der Waals surface area contributed by atoms with Crippen LogP contribution in [0, 0.1) is 6.92 Å². The second-order valence-corrected chi connectivity index (χ2v) is 3.54. The highest BCUT2D eigenvalue weighted by molar-refractivity contribution is 5.69. The van der Waals surface area contributed by atoms with Gasteiger partial charge in [0.2, 0.25) is 0 Å². The Balaban J connectivity index is 2.53. The molecule has 0 saturated carbocycles. The molecule has 1 heterocycles. The zero-order valence-electron chi connectivity index (χ0n) is 9.06. The molecule has 0 bridgehead atoms. The van der Waals surface area contributed by atoms with Gasteiger partial charge in [0.15, 0.2) is 5.76 Å². The highest BCUT2D eigenvalue weighted by Gasteiger charge is 2.11. The summed E-state index contributed by atoms with van der Waals surface area (Å²) >= 11 is 0. The van der Waals surface area contributed by atoms with Crippen molar-refractivity contribution in [3.63, 3.8) is 0 Å². The summed E-state index contributed by atoms with van der Waals surface area (Å²) in [5, 5.41) is 12.5. The Morgan fingerprint density at radius 1 is 1.67 bits per heavy atom. The average Bonchev–Trinajstić information content (AvgIpc) is 2.50. The van der Waals surface area contributed by atoms with Crippen molar-refractivity contribution in [2.24, 2.45) is 0 Å². The molecule has 0 aliphatic rings. The first-order valence-corrected chi connectivity index (χ1v) is 4.98. The third-order valence-corrected chi connectivity index (χ3v) is 1.95. The maximum Gasteiger partial charge on any atom is 0.317 e. The molecule has 0 aliphatic carbocycles. The van der Waals surface area contributed by atoms with Crippen LogP contribution < -0.4 is 0 Å². The van der Waals surface area contributed by atoms with Crippen molar-refractivity contribution in [3.05, 3.63) is 17.5 Å².